The van der Waals surface area contributed by atoms with Crippen LogP contribution in [0.2, 0.25) is 0 Å². The van der Waals surface area contributed by atoms with Crippen LogP contribution in [0.25, 0.3) is 11.0 Å². The van der Waals surface area contributed by atoms with E-state index in [1.165, 1.54) is 5.56 Å². The van der Waals surface area contributed by atoms with Crippen molar-refractivity contribution in [2.45, 2.75) is 26.3 Å². The standard InChI is InChI=1S/C24H27N3O4/c1-4-16-10-12-17(13-11-16)21-20(23(29)31-5-2)22(28)26(14-15-30-3)24-25-18-8-6-7-9-19(18)27(21)24/h6-13,20-21H,4-5,14-15H2,1-3H3. The second kappa shape index (κ2) is 8.89. The fourth-order valence-corrected chi connectivity index (χ4v) is 4.19. The molecule has 162 valence electrons. The van der Waals surface area contributed by atoms with Crippen LogP contribution in [0.1, 0.15) is 31.0 Å². The summed E-state index contributed by atoms with van der Waals surface area (Å²) in [5.74, 6) is -1.33. The molecule has 7 nitrogen and oxygen atoms in total. The predicted octanol–water partition coefficient (Wildman–Crippen LogP) is 3.36. The molecule has 1 aliphatic heterocycles. The van der Waals surface area contributed by atoms with Crippen LogP contribution < -0.4 is 4.90 Å². The van der Waals surface area contributed by atoms with Gasteiger partial charge in [-0.15, -0.1) is 0 Å². The quantitative estimate of drug-likeness (QED) is 0.432. The van der Waals surface area contributed by atoms with E-state index in [-0.39, 0.29) is 12.5 Å². The van der Waals surface area contributed by atoms with Crippen LogP contribution in [0.5, 0.6) is 0 Å². The summed E-state index contributed by atoms with van der Waals surface area (Å²) in [7, 11) is 1.58. The molecule has 1 amide bonds. The molecule has 4 rings (SSSR count). The topological polar surface area (TPSA) is 73.7 Å². The first kappa shape index (κ1) is 21.1. The molecule has 0 N–H and O–H groups in total. The van der Waals surface area contributed by atoms with Crippen LogP contribution in [-0.2, 0) is 25.5 Å². The number of carbonyl (C=O) groups excluding carboxylic acids is 2. The highest BCUT2D eigenvalue weighted by Crippen LogP contribution is 2.41. The van der Waals surface area contributed by atoms with E-state index in [1.807, 2.05) is 53.1 Å². The van der Waals surface area contributed by atoms with Crippen molar-refractivity contribution >= 4 is 28.9 Å². The molecule has 0 saturated carbocycles. The van der Waals surface area contributed by atoms with Gasteiger partial charge in [-0.25, -0.2) is 4.98 Å². The van der Waals surface area contributed by atoms with Crippen LogP contribution in [0.3, 0.4) is 0 Å². The molecule has 2 aromatic carbocycles. The molecule has 31 heavy (non-hydrogen) atoms. The first-order valence-corrected chi connectivity index (χ1v) is 10.6. The van der Waals surface area contributed by atoms with E-state index in [9.17, 15) is 9.59 Å². The Kier molecular flexibility index (Phi) is 6.04. The number of rotatable bonds is 7. The molecule has 2 atom stereocenters. The molecule has 0 spiro atoms. The summed E-state index contributed by atoms with van der Waals surface area (Å²) in [5, 5.41) is 0. The largest absolute Gasteiger partial charge is 0.465 e. The van der Waals surface area contributed by atoms with Gasteiger partial charge in [0.15, 0.2) is 5.92 Å². The molecule has 0 radical (unpaired) electrons. The lowest BCUT2D eigenvalue weighted by molar-refractivity contribution is -0.153. The van der Waals surface area contributed by atoms with Gasteiger partial charge < -0.3 is 14.0 Å². The molecule has 0 aliphatic carbocycles. The van der Waals surface area contributed by atoms with Crippen LogP contribution in [0.15, 0.2) is 48.5 Å². The highest BCUT2D eigenvalue weighted by atomic mass is 16.5. The second-order valence-electron chi connectivity index (χ2n) is 7.52. The number of benzene rings is 2. The fourth-order valence-electron chi connectivity index (χ4n) is 4.19. The van der Waals surface area contributed by atoms with E-state index >= 15 is 0 Å². The predicted molar refractivity (Wildman–Crippen MR) is 118 cm³/mol. The lowest BCUT2D eigenvalue weighted by atomic mass is 9.89. The molecule has 1 aromatic heterocycles. The van der Waals surface area contributed by atoms with Gasteiger partial charge in [-0.1, -0.05) is 43.3 Å². The summed E-state index contributed by atoms with van der Waals surface area (Å²) < 4.78 is 12.6. The van der Waals surface area contributed by atoms with Crippen LogP contribution in [0, 0.1) is 5.92 Å². The lowest BCUT2D eigenvalue weighted by Gasteiger charge is -2.37. The number of carbonyl (C=O) groups is 2. The minimum absolute atomic E-state index is 0.208. The minimum Gasteiger partial charge on any atom is -0.465 e. The Bertz CT molecular complexity index is 1090. The second-order valence-corrected chi connectivity index (χ2v) is 7.52. The third-order valence-electron chi connectivity index (χ3n) is 5.73. The Labute approximate surface area is 181 Å². The average molecular weight is 421 g/mol. The van der Waals surface area contributed by atoms with Crippen molar-refractivity contribution in [1.29, 1.82) is 0 Å². The normalized spacial score (nSPS) is 18.3. The number of methoxy groups -OCH3 is 1. The van der Waals surface area contributed by atoms with E-state index < -0.39 is 17.9 Å². The third-order valence-corrected chi connectivity index (χ3v) is 5.73. The van der Waals surface area contributed by atoms with Crippen molar-refractivity contribution in [3.05, 3.63) is 59.7 Å². The van der Waals surface area contributed by atoms with Gasteiger partial charge in [0.1, 0.15) is 0 Å². The first-order valence-electron chi connectivity index (χ1n) is 10.6. The maximum atomic E-state index is 13.6. The molecular formula is C24H27N3O4. The Morgan fingerprint density at radius 2 is 1.84 bits per heavy atom. The van der Waals surface area contributed by atoms with Gasteiger partial charge in [0.25, 0.3) is 0 Å². The van der Waals surface area contributed by atoms with E-state index in [4.69, 9.17) is 14.5 Å². The smallest absolute Gasteiger partial charge is 0.321 e. The zero-order valence-electron chi connectivity index (χ0n) is 18.1. The van der Waals surface area contributed by atoms with Crippen molar-refractivity contribution in [2.24, 2.45) is 5.92 Å². The summed E-state index contributed by atoms with van der Waals surface area (Å²) in [4.78, 5) is 33.0. The number of aromatic nitrogens is 2. The summed E-state index contributed by atoms with van der Waals surface area (Å²) in [6.07, 6.45) is 0.912. The van der Waals surface area contributed by atoms with Crippen LogP contribution >= 0.6 is 0 Å². The van der Waals surface area contributed by atoms with Gasteiger partial charge in [-0.3, -0.25) is 14.5 Å². The number of anilines is 1. The Hall–Kier alpha value is -3.19. The van der Waals surface area contributed by atoms with Gasteiger partial charge in [-0.05, 0) is 36.6 Å². The Morgan fingerprint density at radius 3 is 2.52 bits per heavy atom. The number of hydrogen-bond donors (Lipinski definition) is 0. The number of esters is 1. The number of para-hydroxylation sites is 2. The fraction of sp³-hybridized carbons (Fsp3) is 0.375. The van der Waals surface area contributed by atoms with Gasteiger partial charge in [0.2, 0.25) is 11.9 Å². The van der Waals surface area contributed by atoms with Gasteiger partial charge >= 0.3 is 5.97 Å². The van der Waals surface area contributed by atoms with E-state index in [1.54, 1.807) is 18.9 Å². The number of fused-ring (bicyclic) bond motifs is 3. The summed E-state index contributed by atoms with van der Waals surface area (Å²) in [5.41, 5.74) is 3.70. The Balaban J connectivity index is 1.95. The monoisotopic (exact) mass is 421 g/mol. The van der Waals surface area contributed by atoms with E-state index in [2.05, 4.69) is 6.92 Å². The highest BCUT2D eigenvalue weighted by molar-refractivity contribution is 6.08. The van der Waals surface area contributed by atoms with Crippen molar-refractivity contribution in [3.63, 3.8) is 0 Å². The third kappa shape index (κ3) is 3.70. The molecule has 1 aliphatic rings. The van der Waals surface area contributed by atoms with Gasteiger partial charge in [0.05, 0.1) is 36.8 Å². The summed E-state index contributed by atoms with van der Waals surface area (Å²) in [6, 6.07) is 15.2. The molecule has 0 fully saturated rings. The number of imidazole rings is 1. The van der Waals surface area contributed by atoms with Gasteiger partial charge in [0, 0.05) is 7.11 Å². The molecule has 0 bridgehead atoms. The maximum Gasteiger partial charge on any atom is 0.321 e. The lowest BCUT2D eigenvalue weighted by Crippen LogP contribution is -2.51. The molecule has 7 heteroatoms. The van der Waals surface area contributed by atoms with Crippen molar-refractivity contribution in [2.75, 3.05) is 31.8 Å². The van der Waals surface area contributed by atoms with Crippen LogP contribution in [-0.4, -0.2) is 48.3 Å². The average Bonchev–Trinajstić information content (AvgIpc) is 3.17. The van der Waals surface area contributed by atoms with Crippen LogP contribution in [0.4, 0.5) is 5.95 Å². The molecular weight excluding hydrogens is 394 g/mol. The number of amides is 1. The molecule has 0 saturated heterocycles. The minimum atomic E-state index is -1.01. The van der Waals surface area contributed by atoms with Crippen molar-refractivity contribution < 1.29 is 19.1 Å². The maximum absolute atomic E-state index is 13.6. The molecule has 2 unspecified atom stereocenters. The highest BCUT2D eigenvalue weighted by Gasteiger charge is 2.47. The zero-order valence-corrected chi connectivity index (χ0v) is 18.1. The van der Waals surface area contributed by atoms with E-state index in [0.29, 0.717) is 19.1 Å². The number of nitrogens with zero attached hydrogens (tertiary/aromatic N) is 3. The number of hydrogen-bond acceptors (Lipinski definition) is 5. The van der Waals surface area contributed by atoms with E-state index in [0.717, 1.165) is 23.0 Å². The van der Waals surface area contributed by atoms with Gasteiger partial charge in [-0.2, -0.15) is 0 Å². The SMILES string of the molecule is CCOC(=O)C1C(=O)N(CCOC)c2nc3ccccc3n2C1c1ccc(CC)cc1. The number of aryl methyl sites for hydroxylation is 1. The zero-order chi connectivity index (χ0) is 22.0. The Morgan fingerprint density at radius 1 is 1.10 bits per heavy atom. The molecule has 2 heterocycles. The molecule has 3 aromatic rings. The first-order chi connectivity index (χ1) is 15.1. The van der Waals surface area contributed by atoms with Crippen molar-refractivity contribution in [3.8, 4) is 0 Å². The summed E-state index contributed by atoms with van der Waals surface area (Å²) in [6.45, 7) is 4.68. The summed E-state index contributed by atoms with van der Waals surface area (Å²) >= 11 is 0. The van der Waals surface area contributed by atoms with Crippen molar-refractivity contribution in [1.82, 2.24) is 9.55 Å². The number of ether oxygens (including phenoxy) is 2.